The quantitative estimate of drug-likeness (QED) is 0.860. The highest BCUT2D eigenvalue weighted by atomic mass is 19.2. The van der Waals surface area contributed by atoms with Crippen LogP contribution in [0.25, 0.3) is 0 Å². The zero-order valence-electron chi connectivity index (χ0n) is 12.4. The second-order valence-corrected chi connectivity index (χ2v) is 5.52. The van der Waals surface area contributed by atoms with E-state index in [0.29, 0.717) is 6.42 Å². The standard InChI is InChI=1S/C17H15F3N2O/c1-22-9-8-13(10-4-2-3-5-14(10)22)21-17(23)11-6-7-12(18)16(20)15(11)19/h2-7,13H,8-9H2,1H3,(H,21,23). The first-order valence-corrected chi connectivity index (χ1v) is 7.23. The third kappa shape index (κ3) is 2.76. The zero-order chi connectivity index (χ0) is 16.6. The summed E-state index contributed by atoms with van der Waals surface area (Å²) in [6.45, 7) is 0.724. The molecule has 6 heteroatoms. The number of fused-ring (bicyclic) bond motifs is 1. The van der Waals surface area contributed by atoms with Gasteiger partial charge in [-0.05, 0) is 30.2 Å². The lowest BCUT2D eigenvalue weighted by molar-refractivity contribution is 0.0929. The van der Waals surface area contributed by atoms with E-state index in [1.807, 2.05) is 31.3 Å². The third-order valence-corrected chi connectivity index (χ3v) is 4.06. The number of halogens is 3. The number of carbonyl (C=O) groups excluding carboxylic acids is 1. The van der Waals surface area contributed by atoms with E-state index in [2.05, 4.69) is 10.2 Å². The van der Waals surface area contributed by atoms with Crippen LogP contribution < -0.4 is 10.2 Å². The molecule has 2 aromatic rings. The normalized spacial score (nSPS) is 16.9. The van der Waals surface area contributed by atoms with E-state index in [1.165, 1.54) is 0 Å². The molecule has 0 spiro atoms. The van der Waals surface area contributed by atoms with Gasteiger partial charge in [0.25, 0.3) is 5.91 Å². The van der Waals surface area contributed by atoms with E-state index in [-0.39, 0.29) is 6.04 Å². The number of para-hydroxylation sites is 1. The second kappa shape index (κ2) is 5.95. The Bertz CT molecular complexity index is 763. The van der Waals surface area contributed by atoms with Crippen LogP contribution in [0.4, 0.5) is 18.9 Å². The van der Waals surface area contributed by atoms with Crippen molar-refractivity contribution in [3.05, 3.63) is 65.0 Å². The summed E-state index contributed by atoms with van der Waals surface area (Å²) in [4.78, 5) is 14.3. The molecule has 23 heavy (non-hydrogen) atoms. The van der Waals surface area contributed by atoms with Gasteiger partial charge >= 0.3 is 0 Å². The van der Waals surface area contributed by atoms with Crippen LogP contribution in [0.3, 0.4) is 0 Å². The predicted molar refractivity (Wildman–Crippen MR) is 80.9 cm³/mol. The van der Waals surface area contributed by atoms with E-state index in [1.54, 1.807) is 0 Å². The fourth-order valence-electron chi connectivity index (χ4n) is 2.82. The lowest BCUT2D eigenvalue weighted by Crippen LogP contribution is -2.36. The van der Waals surface area contributed by atoms with Crippen molar-refractivity contribution in [1.82, 2.24) is 5.32 Å². The van der Waals surface area contributed by atoms with Crippen LogP contribution in [0.5, 0.6) is 0 Å². The van der Waals surface area contributed by atoms with Crippen LogP contribution >= 0.6 is 0 Å². The number of rotatable bonds is 2. The summed E-state index contributed by atoms with van der Waals surface area (Å²) in [7, 11) is 1.95. The van der Waals surface area contributed by atoms with Crippen molar-refractivity contribution in [3.63, 3.8) is 0 Å². The highest BCUT2D eigenvalue weighted by molar-refractivity contribution is 5.95. The molecule has 1 aliphatic heterocycles. The first-order valence-electron chi connectivity index (χ1n) is 7.23. The largest absolute Gasteiger partial charge is 0.374 e. The average Bonchev–Trinajstić information content (AvgIpc) is 2.55. The molecule has 3 rings (SSSR count). The van der Waals surface area contributed by atoms with Crippen molar-refractivity contribution in [1.29, 1.82) is 0 Å². The molecule has 1 amide bonds. The van der Waals surface area contributed by atoms with Gasteiger partial charge in [0.05, 0.1) is 11.6 Å². The molecule has 0 saturated carbocycles. The number of carbonyl (C=O) groups is 1. The molecule has 120 valence electrons. The molecule has 0 saturated heterocycles. The minimum atomic E-state index is -1.64. The Kier molecular flexibility index (Phi) is 3.98. The molecule has 0 bridgehead atoms. The second-order valence-electron chi connectivity index (χ2n) is 5.52. The van der Waals surface area contributed by atoms with Crippen LogP contribution in [-0.2, 0) is 0 Å². The molecule has 1 N–H and O–H groups in total. The minimum Gasteiger partial charge on any atom is -0.374 e. The number of amides is 1. The van der Waals surface area contributed by atoms with Gasteiger partial charge in [-0.1, -0.05) is 18.2 Å². The monoisotopic (exact) mass is 320 g/mol. The Morgan fingerprint density at radius 2 is 1.87 bits per heavy atom. The summed E-state index contributed by atoms with van der Waals surface area (Å²) in [6, 6.07) is 8.97. The lowest BCUT2D eigenvalue weighted by Gasteiger charge is -2.33. The van der Waals surface area contributed by atoms with Gasteiger partial charge in [0, 0.05) is 19.3 Å². The maximum atomic E-state index is 13.7. The Morgan fingerprint density at radius 1 is 1.13 bits per heavy atom. The SMILES string of the molecule is CN1CCC(NC(=O)c2ccc(F)c(F)c2F)c2ccccc21. The Labute approximate surface area is 131 Å². The molecule has 0 radical (unpaired) electrons. The molecule has 3 nitrogen and oxygen atoms in total. The predicted octanol–water partition coefficient (Wildman–Crippen LogP) is 3.41. The van der Waals surface area contributed by atoms with Gasteiger partial charge in [-0.25, -0.2) is 13.2 Å². The van der Waals surface area contributed by atoms with Crippen LogP contribution in [-0.4, -0.2) is 19.5 Å². The summed E-state index contributed by atoms with van der Waals surface area (Å²) < 4.78 is 40.0. The molecule has 0 aliphatic carbocycles. The number of anilines is 1. The molecule has 1 aliphatic rings. The summed E-state index contributed by atoms with van der Waals surface area (Å²) in [5.74, 6) is -5.18. The van der Waals surface area contributed by atoms with Gasteiger partial charge in [0.1, 0.15) is 0 Å². The first-order chi connectivity index (χ1) is 11.0. The van der Waals surface area contributed by atoms with Gasteiger partial charge in [-0.3, -0.25) is 4.79 Å². The maximum absolute atomic E-state index is 13.7. The molecule has 1 atom stereocenters. The van der Waals surface area contributed by atoms with E-state index in [9.17, 15) is 18.0 Å². The molecular formula is C17H15F3N2O. The summed E-state index contributed by atoms with van der Waals surface area (Å²) in [6.07, 6.45) is 0.643. The fourth-order valence-corrected chi connectivity index (χ4v) is 2.82. The molecule has 0 aromatic heterocycles. The van der Waals surface area contributed by atoms with Crippen LogP contribution in [0, 0.1) is 17.5 Å². The van der Waals surface area contributed by atoms with Gasteiger partial charge < -0.3 is 10.2 Å². The molecule has 1 unspecified atom stereocenters. The van der Waals surface area contributed by atoms with Crippen molar-refractivity contribution in [2.75, 3.05) is 18.5 Å². The van der Waals surface area contributed by atoms with E-state index in [4.69, 9.17) is 0 Å². The maximum Gasteiger partial charge on any atom is 0.254 e. The average molecular weight is 320 g/mol. The Morgan fingerprint density at radius 3 is 2.65 bits per heavy atom. The number of nitrogens with zero attached hydrogens (tertiary/aromatic N) is 1. The van der Waals surface area contributed by atoms with Crippen molar-refractivity contribution < 1.29 is 18.0 Å². The Hall–Kier alpha value is -2.50. The fraction of sp³-hybridized carbons (Fsp3) is 0.235. The zero-order valence-corrected chi connectivity index (χ0v) is 12.4. The van der Waals surface area contributed by atoms with E-state index >= 15 is 0 Å². The van der Waals surface area contributed by atoms with Crippen molar-refractivity contribution >= 4 is 11.6 Å². The summed E-state index contributed by atoms with van der Waals surface area (Å²) >= 11 is 0. The summed E-state index contributed by atoms with van der Waals surface area (Å²) in [5.41, 5.74) is 1.40. The van der Waals surface area contributed by atoms with Crippen LogP contribution in [0.15, 0.2) is 36.4 Å². The number of nitrogens with one attached hydrogen (secondary N) is 1. The number of hydrogen-bond acceptors (Lipinski definition) is 2. The van der Waals surface area contributed by atoms with Gasteiger partial charge in [0.2, 0.25) is 0 Å². The summed E-state index contributed by atoms with van der Waals surface area (Å²) in [5, 5.41) is 2.70. The highest BCUT2D eigenvalue weighted by Crippen LogP contribution is 2.32. The number of benzene rings is 2. The van der Waals surface area contributed by atoms with Crippen LogP contribution in [0.2, 0.25) is 0 Å². The first kappa shape index (κ1) is 15.4. The lowest BCUT2D eigenvalue weighted by atomic mass is 9.96. The molecular weight excluding hydrogens is 305 g/mol. The highest BCUT2D eigenvalue weighted by Gasteiger charge is 2.26. The smallest absolute Gasteiger partial charge is 0.254 e. The molecule has 0 fully saturated rings. The van der Waals surface area contributed by atoms with Crippen molar-refractivity contribution in [2.24, 2.45) is 0 Å². The molecule has 1 heterocycles. The van der Waals surface area contributed by atoms with Gasteiger partial charge in [-0.2, -0.15) is 0 Å². The number of hydrogen-bond donors (Lipinski definition) is 1. The van der Waals surface area contributed by atoms with E-state index in [0.717, 1.165) is 29.9 Å². The van der Waals surface area contributed by atoms with Crippen molar-refractivity contribution in [2.45, 2.75) is 12.5 Å². The minimum absolute atomic E-state index is 0.303. The van der Waals surface area contributed by atoms with Crippen LogP contribution in [0.1, 0.15) is 28.4 Å². The topological polar surface area (TPSA) is 32.3 Å². The Balaban J connectivity index is 1.87. The van der Waals surface area contributed by atoms with Gasteiger partial charge in [0.15, 0.2) is 17.5 Å². The third-order valence-electron chi connectivity index (χ3n) is 4.06. The molecule has 2 aromatic carbocycles. The van der Waals surface area contributed by atoms with E-state index < -0.39 is 28.9 Å². The van der Waals surface area contributed by atoms with Gasteiger partial charge in [-0.15, -0.1) is 0 Å². The van der Waals surface area contributed by atoms with Crippen molar-refractivity contribution in [3.8, 4) is 0 Å².